The van der Waals surface area contributed by atoms with Crippen molar-refractivity contribution in [2.75, 3.05) is 20.6 Å². The molecule has 10 nitrogen and oxygen atoms in total. The van der Waals surface area contributed by atoms with Gasteiger partial charge in [-0.1, -0.05) is 65.3 Å². The number of aromatic carboxylic acids is 1. The second-order valence-electron chi connectivity index (χ2n) is 12.0. The maximum atomic E-state index is 14.9. The molecule has 0 bridgehead atoms. The van der Waals surface area contributed by atoms with Crippen LogP contribution in [0.25, 0.3) is 16.8 Å². The summed E-state index contributed by atoms with van der Waals surface area (Å²) in [7, 11) is 3.37. The number of fused-ring (bicyclic) bond motifs is 1. The van der Waals surface area contributed by atoms with Crippen LogP contribution < -0.4 is 0 Å². The standard InChI is InChI=1S/C37H31ClFN5O5/c1-21-33(40-41-44(21)30-9-5-8-29(38)32(30)39)36(47)43-19-18-27-26(23-14-16-24(17-15-23)35(46)42(2)3)6-4-7-28(27)34(43)31(45)20-22-10-12-25(13-11-22)37(48)49/h4-17,34H,18-20H2,1-3H3,(H,48,49). The zero-order valence-electron chi connectivity index (χ0n) is 26.9. The van der Waals surface area contributed by atoms with Crippen LogP contribution in [-0.2, 0) is 17.6 Å². The Morgan fingerprint density at radius 3 is 2.29 bits per heavy atom. The minimum absolute atomic E-state index is 0.0286. The molecule has 6 rings (SSSR count). The Hall–Kier alpha value is -5.68. The lowest BCUT2D eigenvalue weighted by Gasteiger charge is -2.37. The molecular formula is C37H31ClFN5O5. The predicted molar refractivity (Wildman–Crippen MR) is 181 cm³/mol. The smallest absolute Gasteiger partial charge is 0.335 e. The van der Waals surface area contributed by atoms with Gasteiger partial charge in [-0.2, -0.15) is 0 Å². The molecule has 2 heterocycles. The molecule has 0 saturated carbocycles. The first-order chi connectivity index (χ1) is 23.5. The third-order valence-corrected chi connectivity index (χ3v) is 8.96. The number of carboxylic acid groups (broad SMARTS) is 1. The molecule has 1 N–H and O–H groups in total. The topological polar surface area (TPSA) is 126 Å². The molecule has 49 heavy (non-hydrogen) atoms. The highest BCUT2D eigenvalue weighted by Crippen LogP contribution is 2.38. The van der Waals surface area contributed by atoms with E-state index in [4.69, 9.17) is 11.6 Å². The summed E-state index contributed by atoms with van der Waals surface area (Å²) in [5.41, 5.74) is 4.73. The minimum atomic E-state index is -1.08. The number of carbonyl (C=O) groups excluding carboxylic acids is 3. The molecule has 0 saturated heterocycles. The maximum Gasteiger partial charge on any atom is 0.335 e. The Kier molecular flexibility index (Phi) is 9.11. The predicted octanol–water partition coefficient (Wildman–Crippen LogP) is 5.99. The van der Waals surface area contributed by atoms with Gasteiger partial charge in [0.25, 0.3) is 11.8 Å². The van der Waals surface area contributed by atoms with Crippen molar-refractivity contribution in [2.45, 2.75) is 25.8 Å². The average molecular weight is 680 g/mol. The van der Waals surface area contributed by atoms with Gasteiger partial charge in [-0.15, -0.1) is 5.10 Å². The molecule has 0 radical (unpaired) electrons. The van der Waals surface area contributed by atoms with Gasteiger partial charge in [-0.3, -0.25) is 14.4 Å². The first kappa shape index (κ1) is 33.2. The van der Waals surface area contributed by atoms with Crippen molar-refractivity contribution in [3.05, 3.63) is 135 Å². The van der Waals surface area contributed by atoms with Crippen LogP contribution in [0.15, 0.2) is 84.9 Å². The van der Waals surface area contributed by atoms with E-state index in [9.17, 15) is 28.7 Å². The van der Waals surface area contributed by atoms with Crippen molar-refractivity contribution in [1.82, 2.24) is 24.8 Å². The van der Waals surface area contributed by atoms with Gasteiger partial charge < -0.3 is 14.9 Å². The Morgan fingerprint density at radius 2 is 1.61 bits per heavy atom. The third kappa shape index (κ3) is 6.32. The number of benzene rings is 4. The summed E-state index contributed by atoms with van der Waals surface area (Å²) in [4.78, 5) is 55.4. The lowest BCUT2D eigenvalue weighted by molar-refractivity contribution is -0.123. The third-order valence-electron chi connectivity index (χ3n) is 8.67. The van der Waals surface area contributed by atoms with Crippen molar-refractivity contribution >= 4 is 35.2 Å². The SMILES string of the molecule is Cc1c(C(=O)N2CCc3c(-c4ccc(C(=O)N(C)C)cc4)cccc3C2C(=O)Cc2ccc(C(=O)O)cc2)nnn1-c1cccc(Cl)c1F. The number of carbonyl (C=O) groups is 4. The summed E-state index contributed by atoms with van der Waals surface area (Å²) < 4.78 is 16.1. The van der Waals surface area contributed by atoms with Crippen molar-refractivity contribution in [3.63, 3.8) is 0 Å². The molecule has 5 aromatic rings. The molecule has 1 atom stereocenters. The largest absolute Gasteiger partial charge is 0.478 e. The highest BCUT2D eigenvalue weighted by Gasteiger charge is 2.38. The Balaban J connectivity index is 1.40. The van der Waals surface area contributed by atoms with Crippen molar-refractivity contribution in [2.24, 2.45) is 0 Å². The van der Waals surface area contributed by atoms with E-state index in [1.807, 2.05) is 30.3 Å². The van der Waals surface area contributed by atoms with Gasteiger partial charge in [0.2, 0.25) is 0 Å². The fraction of sp³-hybridized carbons (Fsp3) is 0.189. The molecule has 4 aromatic carbocycles. The molecule has 0 aliphatic carbocycles. The lowest BCUT2D eigenvalue weighted by Crippen LogP contribution is -2.44. The van der Waals surface area contributed by atoms with Crippen molar-refractivity contribution in [1.29, 1.82) is 0 Å². The van der Waals surface area contributed by atoms with E-state index in [2.05, 4.69) is 10.3 Å². The van der Waals surface area contributed by atoms with Crippen molar-refractivity contribution in [3.8, 4) is 16.8 Å². The second-order valence-corrected chi connectivity index (χ2v) is 12.4. The van der Waals surface area contributed by atoms with E-state index >= 15 is 0 Å². The number of aromatic nitrogens is 3. The Labute approximate surface area is 286 Å². The Bertz CT molecular complexity index is 2110. The quantitative estimate of drug-likeness (QED) is 0.214. The first-order valence-electron chi connectivity index (χ1n) is 15.4. The van der Waals surface area contributed by atoms with Gasteiger partial charge >= 0.3 is 5.97 Å². The fourth-order valence-electron chi connectivity index (χ4n) is 6.17. The lowest BCUT2D eigenvalue weighted by atomic mass is 9.83. The van der Waals surface area contributed by atoms with Crippen LogP contribution in [0.3, 0.4) is 0 Å². The molecule has 2 amide bonds. The van der Waals surface area contributed by atoms with Crippen LogP contribution in [0.1, 0.15) is 59.6 Å². The average Bonchev–Trinajstić information content (AvgIpc) is 3.48. The number of amides is 2. The van der Waals surface area contributed by atoms with Crippen molar-refractivity contribution < 1.29 is 28.7 Å². The monoisotopic (exact) mass is 679 g/mol. The summed E-state index contributed by atoms with van der Waals surface area (Å²) in [6.07, 6.45) is 0.349. The van der Waals surface area contributed by atoms with E-state index in [1.165, 1.54) is 38.7 Å². The van der Waals surface area contributed by atoms with Gasteiger partial charge in [0, 0.05) is 32.6 Å². The zero-order valence-corrected chi connectivity index (χ0v) is 27.6. The van der Waals surface area contributed by atoms with E-state index in [0.717, 1.165) is 16.7 Å². The molecule has 1 aromatic heterocycles. The number of carboxylic acids is 1. The molecule has 1 aliphatic rings. The highest BCUT2D eigenvalue weighted by atomic mass is 35.5. The van der Waals surface area contributed by atoms with Crippen LogP contribution in [0.5, 0.6) is 0 Å². The number of halogens is 2. The van der Waals surface area contributed by atoms with Gasteiger partial charge in [-0.05, 0) is 77.6 Å². The Morgan fingerprint density at radius 1 is 0.939 bits per heavy atom. The number of Topliss-reactive ketones (excluding diaryl/α,β-unsaturated/α-hetero) is 1. The number of hydrogen-bond acceptors (Lipinski definition) is 6. The van der Waals surface area contributed by atoms with Crippen LogP contribution in [0.2, 0.25) is 5.02 Å². The second kappa shape index (κ2) is 13.4. The summed E-state index contributed by atoms with van der Waals surface area (Å²) >= 11 is 6.00. The molecule has 1 aliphatic heterocycles. The van der Waals surface area contributed by atoms with Crippen LogP contribution >= 0.6 is 11.6 Å². The van der Waals surface area contributed by atoms with Gasteiger partial charge in [0.1, 0.15) is 11.7 Å². The summed E-state index contributed by atoms with van der Waals surface area (Å²) in [5.74, 6) is -2.75. The first-order valence-corrected chi connectivity index (χ1v) is 15.8. The highest BCUT2D eigenvalue weighted by molar-refractivity contribution is 6.30. The molecule has 1 unspecified atom stereocenters. The maximum absolute atomic E-state index is 14.9. The van der Waals surface area contributed by atoms with E-state index in [1.54, 1.807) is 51.4 Å². The van der Waals surface area contributed by atoms with Gasteiger partial charge in [-0.25, -0.2) is 13.9 Å². The molecule has 0 spiro atoms. The number of nitrogens with zero attached hydrogens (tertiary/aromatic N) is 5. The summed E-state index contributed by atoms with van der Waals surface area (Å²) in [5, 5.41) is 17.4. The number of rotatable bonds is 8. The minimum Gasteiger partial charge on any atom is -0.478 e. The van der Waals surface area contributed by atoms with Crippen LogP contribution in [0.4, 0.5) is 4.39 Å². The number of ketones is 1. The molecular weight excluding hydrogens is 649 g/mol. The van der Waals surface area contributed by atoms with E-state index in [0.29, 0.717) is 23.1 Å². The summed E-state index contributed by atoms with van der Waals surface area (Å²) in [6.45, 7) is 1.77. The molecule has 248 valence electrons. The summed E-state index contributed by atoms with van der Waals surface area (Å²) in [6, 6.07) is 22.3. The van der Waals surface area contributed by atoms with Gasteiger partial charge in [0.15, 0.2) is 17.3 Å². The molecule has 12 heteroatoms. The number of hydrogen-bond donors (Lipinski definition) is 1. The zero-order chi connectivity index (χ0) is 35.0. The fourth-order valence-corrected chi connectivity index (χ4v) is 6.34. The van der Waals surface area contributed by atoms with E-state index in [-0.39, 0.29) is 52.3 Å². The van der Waals surface area contributed by atoms with Gasteiger partial charge in [0.05, 0.1) is 16.3 Å². The normalized spacial score (nSPS) is 13.9. The molecule has 0 fully saturated rings. The van der Waals surface area contributed by atoms with E-state index < -0.39 is 23.7 Å². The van der Waals surface area contributed by atoms with Crippen LogP contribution in [0, 0.1) is 12.7 Å². The van der Waals surface area contributed by atoms with Crippen LogP contribution in [-0.4, -0.2) is 74.1 Å².